The van der Waals surface area contributed by atoms with Crippen molar-refractivity contribution in [3.8, 4) is 0 Å². The van der Waals surface area contributed by atoms with Crippen LogP contribution in [0.4, 0.5) is 16.2 Å². The van der Waals surface area contributed by atoms with Gasteiger partial charge >= 0.3 is 6.03 Å². The number of benzene rings is 3. The Balaban J connectivity index is 1.53. The van der Waals surface area contributed by atoms with Crippen LogP contribution in [0.5, 0.6) is 0 Å². The minimum Gasteiger partial charge on any atom is -0.345 e. The maximum Gasteiger partial charge on any atom is 0.316 e. The Hall–Kier alpha value is -4.33. The van der Waals surface area contributed by atoms with Crippen LogP contribution in [0.3, 0.4) is 0 Å². The first kappa shape index (κ1) is 31.1. The van der Waals surface area contributed by atoms with Gasteiger partial charge in [-0.2, -0.15) is 0 Å². The summed E-state index contributed by atoms with van der Waals surface area (Å²) in [4.78, 5) is 38.6. The summed E-state index contributed by atoms with van der Waals surface area (Å²) in [5, 5.41) is 2.96. The zero-order valence-electron chi connectivity index (χ0n) is 26.6. The predicted molar refractivity (Wildman–Crippen MR) is 178 cm³/mol. The SMILES string of the molecule is CC(=O)N(Cc1ccccc1)C1c2ccccc2N=C(N(C)CCCNC(=O)N(C)C)N1c1ccc(C2CCCCC2)cc1. The average Bonchev–Trinajstić information content (AvgIpc) is 3.05. The molecule has 44 heavy (non-hydrogen) atoms. The number of carbonyl (C=O) groups is 2. The molecule has 0 bridgehead atoms. The van der Waals surface area contributed by atoms with E-state index in [9.17, 15) is 9.59 Å². The molecule has 0 aromatic heterocycles. The molecule has 0 radical (unpaired) electrons. The molecule has 0 spiro atoms. The van der Waals surface area contributed by atoms with Crippen LogP contribution in [0.25, 0.3) is 0 Å². The Kier molecular flexibility index (Phi) is 10.2. The van der Waals surface area contributed by atoms with E-state index in [0.29, 0.717) is 25.6 Å². The summed E-state index contributed by atoms with van der Waals surface area (Å²) in [5.41, 5.74) is 5.30. The molecular weight excluding hydrogens is 548 g/mol. The largest absolute Gasteiger partial charge is 0.345 e. The van der Waals surface area contributed by atoms with E-state index in [0.717, 1.165) is 34.9 Å². The van der Waals surface area contributed by atoms with E-state index in [1.54, 1.807) is 21.0 Å². The van der Waals surface area contributed by atoms with Gasteiger partial charge in [-0.25, -0.2) is 9.79 Å². The van der Waals surface area contributed by atoms with Gasteiger partial charge in [-0.1, -0.05) is 79.9 Å². The number of anilines is 1. The molecule has 5 rings (SSSR count). The molecule has 1 heterocycles. The summed E-state index contributed by atoms with van der Waals surface area (Å²) in [7, 11) is 5.52. The average molecular weight is 595 g/mol. The molecule has 3 aromatic rings. The smallest absolute Gasteiger partial charge is 0.316 e. The van der Waals surface area contributed by atoms with Crippen LogP contribution in [-0.4, -0.2) is 66.8 Å². The fourth-order valence-electron chi connectivity index (χ4n) is 6.31. The van der Waals surface area contributed by atoms with Gasteiger partial charge in [-0.05, 0) is 54.5 Å². The molecule has 1 saturated carbocycles. The van der Waals surface area contributed by atoms with Gasteiger partial charge in [0.25, 0.3) is 0 Å². The highest BCUT2D eigenvalue weighted by Crippen LogP contribution is 2.42. The van der Waals surface area contributed by atoms with Crippen LogP contribution in [0, 0.1) is 0 Å². The zero-order valence-corrected chi connectivity index (χ0v) is 26.6. The maximum atomic E-state index is 13.5. The van der Waals surface area contributed by atoms with Gasteiger partial charge in [0.2, 0.25) is 11.9 Å². The third-order valence-electron chi connectivity index (χ3n) is 8.73. The Labute approximate surface area is 262 Å². The summed E-state index contributed by atoms with van der Waals surface area (Å²) in [6.45, 7) is 3.35. The van der Waals surface area contributed by atoms with Crippen molar-refractivity contribution in [2.75, 3.05) is 39.1 Å². The highest BCUT2D eigenvalue weighted by Gasteiger charge is 2.38. The Morgan fingerprint density at radius 1 is 0.886 bits per heavy atom. The summed E-state index contributed by atoms with van der Waals surface area (Å²) >= 11 is 0. The Morgan fingerprint density at radius 2 is 1.57 bits per heavy atom. The van der Waals surface area contributed by atoms with E-state index in [1.807, 2.05) is 48.3 Å². The number of hydrogen-bond acceptors (Lipinski definition) is 5. The number of nitrogens with zero attached hydrogens (tertiary/aromatic N) is 5. The molecule has 1 aliphatic heterocycles. The quantitative estimate of drug-likeness (QED) is 0.274. The van der Waals surface area contributed by atoms with Gasteiger partial charge < -0.3 is 20.0 Å². The van der Waals surface area contributed by atoms with Crippen molar-refractivity contribution in [3.05, 3.63) is 95.6 Å². The number of hydrogen-bond donors (Lipinski definition) is 1. The van der Waals surface area contributed by atoms with Gasteiger partial charge in [0, 0.05) is 59.0 Å². The molecular formula is C36H46N6O2. The number of urea groups is 1. The first-order valence-electron chi connectivity index (χ1n) is 15.9. The first-order valence-corrected chi connectivity index (χ1v) is 15.9. The number of para-hydroxylation sites is 1. The second kappa shape index (κ2) is 14.4. The molecule has 0 saturated heterocycles. The molecule has 232 valence electrons. The highest BCUT2D eigenvalue weighted by atomic mass is 16.2. The number of nitrogens with one attached hydrogen (secondary N) is 1. The lowest BCUT2D eigenvalue weighted by atomic mass is 9.84. The Morgan fingerprint density at radius 3 is 2.25 bits per heavy atom. The predicted octanol–water partition coefficient (Wildman–Crippen LogP) is 6.88. The molecule has 1 N–H and O–H groups in total. The normalized spacial score (nSPS) is 16.5. The first-order chi connectivity index (χ1) is 21.3. The second-order valence-corrected chi connectivity index (χ2v) is 12.2. The lowest BCUT2D eigenvalue weighted by molar-refractivity contribution is -0.131. The van der Waals surface area contributed by atoms with Crippen molar-refractivity contribution in [1.29, 1.82) is 0 Å². The van der Waals surface area contributed by atoms with Gasteiger partial charge in [-0.15, -0.1) is 0 Å². The number of rotatable bonds is 9. The Bertz CT molecular complexity index is 1430. The summed E-state index contributed by atoms with van der Waals surface area (Å²) in [6.07, 6.45) is 6.75. The van der Waals surface area contributed by atoms with Crippen molar-refractivity contribution >= 4 is 29.3 Å². The number of fused-ring (bicyclic) bond motifs is 1. The third kappa shape index (κ3) is 7.24. The fourth-order valence-corrected chi connectivity index (χ4v) is 6.31. The number of carbonyl (C=O) groups excluding carboxylic acids is 2. The summed E-state index contributed by atoms with van der Waals surface area (Å²) in [5.74, 6) is 1.38. The van der Waals surface area contributed by atoms with Gasteiger partial charge in [0.1, 0.15) is 6.17 Å². The second-order valence-electron chi connectivity index (χ2n) is 12.2. The van der Waals surface area contributed by atoms with E-state index < -0.39 is 6.17 Å². The van der Waals surface area contributed by atoms with E-state index in [1.165, 1.54) is 42.6 Å². The third-order valence-corrected chi connectivity index (χ3v) is 8.73. The lowest BCUT2D eigenvalue weighted by Gasteiger charge is -2.45. The van der Waals surface area contributed by atoms with E-state index in [2.05, 4.69) is 57.6 Å². The van der Waals surface area contributed by atoms with Gasteiger partial charge in [0.15, 0.2) is 0 Å². The lowest BCUT2D eigenvalue weighted by Crippen LogP contribution is -2.53. The summed E-state index contributed by atoms with van der Waals surface area (Å²) < 4.78 is 0. The molecule has 1 atom stereocenters. The van der Waals surface area contributed by atoms with Gasteiger partial charge in [0.05, 0.1) is 5.69 Å². The highest BCUT2D eigenvalue weighted by molar-refractivity contribution is 6.01. The minimum atomic E-state index is -0.396. The van der Waals surface area contributed by atoms with Crippen molar-refractivity contribution in [1.82, 2.24) is 20.0 Å². The van der Waals surface area contributed by atoms with Crippen molar-refractivity contribution in [3.63, 3.8) is 0 Å². The number of guanidine groups is 1. The monoisotopic (exact) mass is 594 g/mol. The van der Waals surface area contributed by atoms with Crippen molar-refractivity contribution in [2.24, 2.45) is 4.99 Å². The van der Waals surface area contributed by atoms with Crippen LogP contribution in [0.1, 0.15) is 74.2 Å². The van der Waals surface area contributed by atoms with Crippen LogP contribution in [-0.2, 0) is 11.3 Å². The molecule has 3 amide bonds. The molecule has 1 unspecified atom stereocenters. The fraction of sp³-hybridized carbons (Fsp3) is 0.417. The molecule has 3 aromatic carbocycles. The number of amides is 3. The number of aliphatic imine (C=N–C) groups is 1. The summed E-state index contributed by atoms with van der Waals surface area (Å²) in [6, 6.07) is 27.1. The van der Waals surface area contributed by atoms with E-state index in [-0.39, 0.29) is 11.9 Å². The van der Waals surface area contributed by atoms with E-state index >= 15 is 0 Å². The zero-order chi connectivity index (χ0) is 31.1. The topological polar surface area (TPSA) is 71.5 Å². The maximum absolute atomic E-state index is 13.5. The molecule has 2 aliphatic rings. The van der Waals surface area contributed by atoms with Crippen LogP contribution >= 0.6 is 0 Å². The van der Waals surface area contributed by atoms with Crippen LogP contribution in [0.2, 0.25) is 0 Å². The molecule has 1 fully saturated rings. The molecule has 1 aliphatic carbocycles. The van der Waals surface area contributed by atoms with Crippen molar-refractivity contribution < 1.29 is 9.59 Å². The van der Waals surface area contributed by atoms with Crippen molar-refractivity contribution in [2.45, 2.75) is 64.1 Å². The van der Waals surface area contributed by atoms with Gasteiger partial charge in [-0.3, -0.25) is 9.69 Å². The minimum absolute atomic E-state index is 0.00668. The van der Waals surface area contributed by atoms with Crippen LogP contribution in [0.15, 0.2) is 83.9 Å². The molecule has 8 nitrogen and oxygen atoms in total. The van der Waals surface area contributed by atoms with Crippen LogP contribution < -0.4 is 10.2 Å². The molecule has 8 heteroatoms. The standard InChI is InChI=1S/C36H46N6O2/c1-27(43)41(26-28-14-7-5-8-15-28)34-32-18-11-12-19-33(32)38-35(40(4)25-13-24-37-36(44)39(2)3)42(34)31-22-20-30(21-23-31)29-16-9-6-10-17-29/h5,7-8,11-12,14-15,18-23,29,34H,6,9-10,13,16-17,24-26H2,1-4H3,(H,37,44). The van der Waals surface area contributed by atoms with E-state index in [4.69, 9.17) is 4.99 Å².